The molecular weight excluding hydrogens is 210 g/mol. The lowest BCUT2D eigenvalue weighted by Gasteiger charge is -2.43. The molecule has 0 spiro atoms. The Hall–Kier alpha value is -1.90. The minimum absolute atomic E-state index is 0.0443. The van der Waals surface area contributed by atoms with Gasteiger partial charge in [-0.25, -0.2) is 9.97 Å². The summed E-state index contributed by atoms with van der Waals surface area (Å²) >= 11 is 0. The second kappa shape index (κ2) is 4.17. The van der Waals surface area contributed by atoms with E-state index in [1.54, 1.807) is 12.4 Å². The third-order valence-corrected chi connectivity index (χ3v) is 3.45. The third-order valence-electron chi connectivity index (χ3n) is 3.45. The van der Waals surface area contributed by atoms with Crippen LogP contribution in [0, 0.1) is 0 Å². The van der Waals surface area contributed by atoms with Crippen molar-refractivity contribution in [2.75, 3.05) is 5.32 Å². The van der Waals surface area contributed by atoms with Gasteiger partial charge >= 0.3 is 0 Å². The summed E-state index contributed by atoms with van der Waals surface area (Å²) in [6, 6.07) is 12.4. The predicted octanol–water partition coefficient (Wildman–Crippen LogP) is 2.97. The number of nitrogens with one attached hydrogen (secondary N) is 1. The molecule has 1 aromatic carbocycles. The maximum Gasteiger partial charge on any atom is 0.223 e. The Bertz CT molecular complexity index is 477. The van der Waals surface area contributed by atoms with Gasteiger partial charge in [0.1, 0.15) is 0 Å². The van der Waals surface area contributed by atoms with E-state index in [2.05, 4.69) is 45.6 Å². The van der Waals surface area contributed by atoms with Gasteiger partial charge < -0.3 is 5.32 Å². The molecule has 3 heteroatoms. The normalized spacial score (nSPS) is 17.2. The first-order valence-corrected chi connectivity index (χ1v) is 6.00. The van der Waals surface area contributed by atoms with Gasteiger partial charge in [0.15, 0.2) is 0 Å². The van der Waals surface area contributed by atoms with E-state index in [-0.39, 0.29) is 5.54 Å². The van der Waals surface area contributed by atoms with Gasteiger partial charge in [-0.05, 0) is 30.9 Å². The molecule has 1 fully saturated rings. The Morgan fingerprint density at radius 2 is 1.65 bits per heavy atom. The van der Waals surface area contributed by atoms with E-state index in [1.807, 2.05) is 6.07 Å². The van der Waals surface area contributed by atoms with Gasteiger partial charge in [0.2, 0.25) is 5.95 Å². The fourth-order valence-corrected chi connectivity index (χ4v) is 2.35. The standard InChI is InChI=1S/C14H15N3/c1-2-6-12(7-3-1)14(8-4-9-14)17-13-15-10-5-11-16-13/h1-3,5-7,10-11H,4,8-9H2,(H,15,16,17). The van der Waals surface area contributed by atoms with Crippen LogP contribution in [0.4, 0.5) is 5.95 Å². The first-order chi connectivity index (χ1) is 8.39. The molecular formula is C14H15N3. The molecule has 0 radical (unpaired) electrons. The SMILES string of the molecule is c1ccc(C2(Nc3ncccn3)CCC2)cc1. The summed E-state index contributed by atoms with van der Waals surface area (Å²) in [6.45, 7) is 0. The Labute approximate surface area is 101 Å². The van der Waals surface area contributed by atoms with Crippen LogP contribution in [0.5, 0.6) is 0 Å². The number of nitrogens with zero attached hydrogens (tertiary/aromatic N) is 2. The first kappa shape index (κ1) is 10.3. The minimum Gasteiger partial charge on any atom is -0.345 e. The van der Waals surface area contributed by atoms with Crippen LogP contribution < -0.4 is 5.32 Å². The average Bonchev–Trinajstić information content (AvgIpc) is 2.36. The number of anilines is 1. The summed E-state index contributed by atoms with van der Waals surface area (Å²) < 4.78 is 0. The van der Waals surface area contributed by atoms with Crippen LogP contribution in [0.1, 0.15) is 24.8 Å². The summed E-state index contributed by atoms with van der Waals surface area (Å²) in [6.07, 6.45) is 7.10. The number of hydrogen-bond acceptors (Lipinski definition) is 3. The molecule has 0 bridgehead atoms. The zero-order valence-corrected chi connectivity index (χ0v) is 9.63. The zero-order chi connectivity index (χ0) is 11.6. The van der Waals surface area contributed by atoms with Crippen molar-refractivity contribution in [2.45, 2.75) is 24.8 Å². The van der Waals surface area contributed by atoms with E-state index in [0.717, 1.165) is 18.8 Å². The van der Waals surface area contributed by atoms with Crippen molar-refractivity contribution >= 4 is 5.95 Å². The largest absolute Gasteiger partial charge is 0.345 e. The van der Waals surface area contributed by atoms with Crippen LogP contribution in [0.2, 0.25) is 0 Å². The lowest BCUT2D eigenvalue weighted by atomic mass is 9.72. The topological polar surface area (TPSA) is 37.8 Å². The highest BCUT2D eigenvalue weighted by Crippen LogP contribution is 2.43. The molecule has 1 aliphatic rings. The molecule has 0 unspecified atom stereocenters. The Morgan fingerprint density at radius 1 is 0.941 bits per heavy atom. The minimum atomic E-state index is 0.0443. The zero-order valence-electron chi connectivity index (χ0n) is 9.63. The second-order valence-corrected chi connectivity index (χ2v) is 4.50. The molecule has 0 atom stereocenters. The Morgan fingerprint density at radius 3 is 2.24 bits per heavy atom. The van der Waals surface area contributed by atoms with Gasteiger partial charge in [-0.15, -0.1) is 0 Å². The highest BCUT2D eigenvalue weighted by molar-refractivity contribution is 5.38. The van der Waals surface area contributed by atoms with Crippen LogP contribution in [0.25, 0.3) is 0 Å². The van der Waals surface area contributed by atoms with Crippen molar-refractivity contribution in [1.82, 2.24) is 9.97 Å². The van der Waals surface area contributed by atoms with Crippen molar-refractivity contribution < 1.29 is 0 Å². The van der Waals surface area contributed by atoms with Crippen LogP contribution in [0.3, 0.4) is 0 Å². The molecule has 0 amide bonds. The van der Waals surface area contributed by atoms with Crippen molar-refractivity contribution in [3.8, 4) is 0 Å². The molecule has 1 aromatic heterocycles. The van der Waals surface area contributed by atoms with Gasteiger partial charge in [-0.3, -0.25) is 0 Å². The highest BCUT2D eigenvalue weighted by Gasteiger charge is 2.38. The van der Waals surface area contributed by atoms with E-state index in [1.165, 1.54) is 12.0 Å². The van der Waals surface area contributed by atoms with E-state index in [0.29, 0.717) is 0 Å². The van der Waals surface area contributed by atoms with Gasteiger partial charge in [0.25, 0.3) is 0 Å². The lowest BCUT2D eigenvalue weighted by Crippen LogP contribution is -2.42. The molecule has 3 nitrogen and oxygen atoms in total. The van der Waals surface area contributed by atoms with Crippen molar-refractivity contribution in [3.63, 3.8) is 0 Å². The number of benzene rings is 1. The Balaban J connectivity index is 1.89. The molecule has 86 valence electrons. The van der Waals surface area contributed by atoms with Crippen LogP contribution in [-0.4, -0.2) is 9.97 Å². The quantitative estimate of drug-likeness (QED) is 0.872. The predicted molar refractivity (Wildman–Crippen MR) is 67.6 cm³/mol. The number of rotatable bonds is 3. The summed E-state index contributed by atoms with van der Waals surface area (Å²) in [4.78, 5) is 8.50. The number of aromatic nitrogens is 2. The fourth-order valence-electron chi connectivity index (χ4n) is 2.35. The highest BCUT2D eigenvalue weighted by atomic mass is 15.1. The molecule has 3 rings (SSSR count). The van der Waals surface area contributed by atoms with E-state index in [9.17, 15) is 0 Å². The number of hydrogen-bond donors (Lipinski definition) is 1. The molecule has 1 aliphatic carbocycles. The van der Waals surface area contributed by atoms with Crippen molar-refractivity contribution in [1.29, 1.82) is 0 Å². The molecule has 1 saturated carbocycles. The molecule has 0 aliphatic heterocycles. The third kappa shape index (κ3) is 1.88. The van der Waals surface area contributed by atoms with Crippen LogP contribution in [0.15, 0.2) is 48.8 Å². The second-order valence-electron chi connectivity index (χ2n) is 4.50. The smallest absolute Gasteiger partial charge is 0.223 e. The van der Waals surface area contributed by atoms with Crippen LogP contribution >= 0.6 is 0 Å². The van der Waals surface area contributed by atoms with Gasteiger partial charge in [-0.2, -0.15) is 0 Å². The molecule has 1 heterocycles. The lowest BCUT2D eigenvalue weighted by molar-refractivity contribution is 0.282. The van der Waals surface area contributed by atoms with E-state index < -0.39 is 0 Å². The van der Waals surface area contributed by atoms with E-state index >= 15 is 0 Å². The maximum absolute atomic E-state index is 4.25. The van der Waals surface area contributed by atoms with Crippen molar-refractivity contribution in [2.24, 2.45) is 0 Å². The molecule has 17 heavy (non-hydrogen) atoms. The maximum atomic E-state index is 4.25. The first-order valence-electron chi connectivity index (χ1n) is 6.00. The molecule has 1 N–H and O–H groups in total. The van der Waals surface area contributed by atoms with Gasteiger partial charge in [0, 0.05) is 12.4 Å². The monoisotopic (exact) mass is 225 g/mol. The molecule has 2 aromatic rings. The summed E-state index contributed by atoms with van der Waals surface area (Å²) in [5.74, 6) is 0.719. The average molecular weight is 225 g/mol. The molecule has 0 saturated heterocycles. The summed E-state index contributed by atoms with van der Waals surface area (Å²) in [5.41, 5.74) is 1.38. The fraction of sp³-hybridized carbons (Fsp3) is 0.286. The summed E-state index contributed by atoms with van der Waals surface area (Å²) in [7, 11) is 0. The summed E-state index contributed by atoms with van der Waals surface area (Å²) in [5, 5.41) is 3.49. The van der Waals surface area contributed by atoms with Crippen molar-refractivity contribution in [3.05, 3.63) is 54.4 Å². The van der Waals surface area contributed by atoms with Crippen LogP contribution in [-0.2, 0) is 5.54 Å². The van der Waals surface area contributed by atoms with Gasteiger partial charge in [-0.1, -0.05) is 30.3 Å². The Kier molecular flexibility index (Phi) is 2.52. The van der Waals surface area contributed by atoms with Gasteiger partial charge in [0.05, 0.1) is 5.54 Å². The van der Waals surface area contributed by atoms with E-state index in [4.69, 9.17) is 0 Å².